The molecule has 24 nitrogen and oxygen atoms in total. The van der Waals surface area contributed by atoms with Crippen molar-refractivity contribution in [2.24, 2.45) is 17.8 Å². The van der Waals surface area contributed by atoms with E-state index in [0.717, 1.165) is 46.5 Å². The van der Waals surface area contributed by atoms with Crippen molar-refractivity contribution < 1.29 is 55.9 Å². The van der Waals surface area contributed by atoms with Gasteiger partial charge in [-0.3, -0.25) is 42.8 Å². The van der Waals surface area contributed by atoms with Crippen LogP contribution in [0.5, 0.6) is 0 Å². The summed E-state index contributed by atoms with van der Waals surface area (Å²) in [5.41, 5.74) is 13.8. The molecule has 10 aromatic rings. The number of carbonyl (C=O) groups excluding carboxylic acids is 6. The highest BCUT2D eigenvalue weighted by Gasteiger charge is 2.47. The summed E-state index contributed by atoms with van der Waals surface area (Å²) in [4.78, 5) is 118. The second-order valence-electron chi connectivity index (χ2n) is 25.3. The van der Waals surface area contributed by atoms with Crippen molar-refractivity contribution in [3.8, 4) is 11.1 Å². The number of nitrogens with two attached hydrogens (primary N) is 1. The predicted octanol–water partition coefficient (Wildman–Crippen LogP) is 8.03. The molecule has 0 spiro atoms. The molecule has 10 heterocycles. The Hall–Kier alpha value is -10.7. The average Bonchev–Trinajstić information content (AvgIpc) is 1.55. The van der Waals surface area contributed by atoms with Gasteiger partial charge in [-0.1, -0.05) is 91.3 Å². The van der Waals surface area contributed by atoms with Crippen LogP contribution in [0.25, 0.3) is 66.2 Å². The molecule has 17 rings (SSSR count). The van der Waals surface area contributed by atoms with Crippen LogP contribution < -0.4 is 22.2 Å². The van der Waals surface area contributed by atoms with Crippen LogP contribution in [0, 0.1) is 17.8 Å². The van der Waals surface area contributed by atoms with E-state index in [1.165, 1.54) is 20.9 Å². The Morgan fingerprint density at radius 1 is 0.594 bits per heavy atom. The average molecular weight is 1300 g/mol. The second kappa shape index (κ2) is 25.6. The lowest BCUT2D eigenvalue weighted by Crippen LogP contribution is -2.41. The Morgan fingerprint density at radius 2 is 1.11 bits per heavy atom. The van der Waals surface area contributed by atoms with Gasteiger partial charge in [0.25, 0.3) is 11.1 Å². The number of benzene rings is 5. The Morgan fingerprint density at radius 3 is 1.70 bits per heavy atom. The molecule has 494 valence electrons. The number of hydrogen-bond donors (Lipinski definition) is 2. The molecule has 0 unspecified atom stereocenters. The zero-order chi connectivity index (χ0) is 66.8. The molecule has 3 N–H and O–H groups in total. The van der Waals surface area contributed by atoms with Gasteiger partial charge >= 0.3 is 12.1 Å². The maximum absolute atomic E-state index is 13.3. The summed E-state index contributed by atoms with van der Waals surface area (Å²) in [5.74, 6) is -0.430. The number of nitrogen functional groups attached to an aromatic ring is 1. The summed E-state index contributed by atoms with van der Waals surface area (Å²) in [6.45, 7) is 4.16. The fourth-order valence-corrected chi connectivity index (χ4v) is 14.9. The first-order chi connectivity index (χ1) is 46.5. The third-order valence-electron chi connectivity index (χ3n) is 19.5. The lowest BCUT2D eigenvalue weighted by atomic mass is 9.98. The van der Waals surface area contributed by atoms with E-state index in [9.17, 15) is 42.7 Å². The molecule has 0 radical (unpaired) electrons. The maximum Gasteiger partial charge on any atom is 0.409 e. The number of fused-ring (bicyclic) bond motifs is 17. The number of esters is 1. The molecule has 5 amide bonds. The van der Waals surface area contributed by atoms with Crippen LogP contribution in [0.4, 0.5) is 14.9 Å². The van der Waals surface area contributed by atoms with Crippen LogP contribution in [-0.4, -0.2) is 166 Å². The molecule has 1 saturated carbocycles. The number of carbonyl (C=O) groups is 6. The first-order valence-electron chi connectivity index (χ1n) is 32.2. The number of aromatic nitrogens is 4. The number of hydrogen-bond acceptors (Lipinski definition) is 17. The van der Waals surface area contributed by atoms with Gasteiger partial charge in [0.2, 0.25) is 40.6 Å². The number of anilines is 1. The smallest absolute Gasteiger partial charge is 0.409 e. The van der Waals surface area contributed by atoms with Crippen molar-refractivity contribution >= 4 is 96.5 Å². The van der Waals surface area contributed by atoms with Gasteiger partial charge in [-0.15, -0.1) is 0 Å². The molecule has 7 aliphatic rings. The van der Waals surface area contributed by atoms with Crippen LogP contribution >= 0.6 is 0 Å². The van der Waals surface area contributed by atoms with Gasteiger partial charge in [0, 0.05) is 75.9 Å². The SMILES string of the molecule is CCOC(=O)c1oc2ccccc2c1N.CN1CC(=O)N[C@@H]2CN(C(=O)OCC3c4ccccc4-c4ccccc43)C[C@H]2C1=O.CN1Cc2nc3c(oc4ccccc43)c(=O)n2[C@@H]2CCC[C@H]2C1=O.CN1Cc2nc3c(oc4ccccc43)c(=O)n2[C@@H]2CN(CCF)C[C@H]2C1=O. The van der Waals surface area contributed by atoms with Crippen molar-refractivity contribution in [2.45, 2.75) is 63.3 Å². The number of likely N-dealkylation sites (tertiary alicyclic amines) is 2. The van der Waals surface area contributed by atoms with Gasteiger partial charge in [-0.2, -0.15) is 0 Å². The zero-order valence-electron chi connectivity index (χ0n) is 53.3. The van der Waals surface area contributed by atoms with Crippen LogP contribution in [0.15, 0.2) is 144 Å². The highest BCUT2D eigenvalue weighted by Crippen LogP contribution is 2.45. The van der Waals surface area contributed by atoms with Crippen molar-refractivity contribution in [3.63, 3.8) is 0 Å². The number of rotatable bonds is 6. The van der Waals surface area contributed by atoms with Crippen LogP contribution in [0.1, 0.15) is 77.5 Å². The molecular weight excluding hydrogens is 1230 g/mol. The van der Waals surface area contributed by atoms with E-state index >= 15 is 0 Å². The van der Waals surface area contributed by atoms with Gasteiger partial charge in [-0.25, -0.2) is 23.9 Å². The molecule has 4 fully saturated rings. The van der Waals surface area contributed by atoms with E-state index in [-0.39, 0.29) is 121 Å². The zero-order valence-corrected chi connectivity index (χ0v) is 53.3. The molecular formula is C71H70FN11O13. The number of likely N-dealkylation sites (N-methyl/N-ethyl adjacent to an activating group) is 1. The number of alkyl halides is 1. The minimum atomic E-state index is -0.522. The molecule has 6 atom stereocenters. The minimum absolute atomic E-state index is 0.0121. The third kappa shape index (κ3) is 11.1. The van der Waals surface area contributed by atoms with E-state index < -0.39 is 24.7 Å². The van der Waals surface area contributed by atoms with Crippen molar-refractivity contribution in [2.75, 3.05) is 86.0 Å². The maximum atomic E-state index is 13.3. The quantitative estimate of drug-likeness (QED) is 0.149. The number of para-hydroxylation sites is 3. The molecule has 5 aromatic carbocycles. The van der Waals surface area contributed by atoms with Gasteiger partial charge < -0.3 is 53.4 Å². The molecule has 5 aliphatic heterocycles. The summed E-state index contributed by atoms with van der Waals surface area (Å²) >= 11 is 0. The fraction of sp³-hybridized carbons (Fsp3) is 0.352. The number of nitrogens with zero attached hydrogens (tertiary/aromatic N) is 9. The van der Waals surface area contributed by atoms with Crippen molar-refractivity contribution in [1.29, 1.82) is 0 Å². The second-order valence-corrected chi connectivity index (χ2v) is 25.3. The number of halogens is 1. The van der Waals surface area contributed by atoms with Gasteiger partial charge in [0.05, 0.1) is 67.8 Å². The standard InChI is InChI=1S/C23H23N3O4.C19H19FN4O3.C18H17N3O3.C11H11NO3/c1-25-12-21(27)24-20-11-26(10-18(20)22(25)28)23(29)30-13-19-16-8-4-2-6-14(16)15-7-3-5-9-17(15)19;1-22-10-15-21-16-11-4-2-3-5-14(11)27-17(16)19(26)24(15)13-9-23(7-6-20)8-12(13)18(22)25;1-20-9-14-19-15-11-5-2-3-8-13(11)24-16(15)18(23)21(14)12-7-4-6-10(12)17(20)22;1-2-14-11(13)10-9(12)7-5-3-4-6-8(7)15-10/h2-9,18-20H,10-13H2,1H3,(H,24,27);2-5,12-13H,6-10H2,1H3;2-3,5,8,10,12H,4,6-7,9H2,1H3;3-6H,2,12H2,1H3/t18-,20-;12-,13-;10-,12-;/m111./s1. The summed E-state index contributed by atoms with van der Waals surface area (Å²) in [7, 11) is 5.12. The van der Waals surface area contributed by atoms with E-state index in [1.54, 1.807) is 59.1 Å². The summed E-state index contributed by atoms with van der Waals surface area (Å²) in [6.07, 6.45) is 2.18. The molecule has 2 aliphatic carbocycles. The summed E-state index contributed by atoms with van der Waals surface area (Å²) in [5, 5.41) is 5.22. The first kappa shape index (κ1) is 62.7. The lowest BCUT2D eigenvalue weighted by molar-refractivity contribution is -0.135. The van der Waals surface area contributed by atoms with Crippen LogP contribution in [0.2, 0.25) is 0 Å². The summed E-state index contributed by atoms with van der Waals surface area (Å²) in [6, 6.07) is 37.7. The van der Waals surface area contributed by atoms with Gasteiger partial charge in [0.15, 0.2) is 0 Å². The number of amides is 5. The minimum Gasteiger partial charge on any atom is -0.460 e. The highest BCUT2D eigenvalue weighted by atomic mass is 19.1. The Balaban J connectivity index is 0.000000113. The number of furan rings is 3. The normalized spacial score (nSPS) is 21.1. The van der Waals surface area contributed by atoms with Crippen molar-refractivity contribution in [1.82, 2.24) is 48.9 Å². The van der Waals surface area contributed by atoms with Gasteiger partial charge in [0.1, 0.15) is 52.7 Å². The van der Waals surface area contributed by atoms with Crippen LogP contribution in [0.3, 0.4) is 0 Å². The predicted molar refractivity (Wildman–Crippen MR) is 352 cm³/mol. The lowest BCUT2D eigenvalue weighted by Gasteiger charge is -2.20. The van der Waals surface area contributed by atoms with E-state index in [4.69, 9.17) is 38.4 Å². The van der Waals surface area contributed by atoms with Crippen molar-refractivity contribution in [3.05, 3.63) is 171 Å². The van der Waals surface area contributed by atoms with Crippen LogP contribution in [-0.2, 0) is 41.7 Å². The Labute approximate surface area is 547 Å². The van der Waals surface area contributed by atoms with E-state index in [0.29, 0.717) is 76.9 Å². The Kier molecular flexibility index (Phi) is 16.7. The number of ether oxygens (including phenoxy) is 2. The number of nitrogens with one attached hydrogen (secondary N) is 1. The topological polar surface area (TPSA) is 284 Å². The largest absolute Gasteiger partial charge is 0.460 e. The molecule has 3 saturated heterocycles. The highest BCUT2D eigenvalue weighted by molar-refractivity contribution is 6.04. The van der Waals surface area contributed by atoms with E-state index in [1.807, 2.05) is 89.8 Å². The van der Waals surface area contributed by atoms with E-state index in [2.05, 4.69) is 29.6 Å². The molecule has 0 bridgehead atoms. The Bertz CT molecular complexity index is 4850. The molecule has 96 heavy (non-hydrogen) atoms. The monoisotopic (exact) mass is 1300 g/mol. The summed E-state index contributed by atoms with van der Waals surface area (Å²) < 4.78 is 43.6. The molecule has 25 heteroatoms. The fourth-order valence-electron chi connectivity index (χ4n) is 14.9. The van der Waals surface area contributed by atoms with Gasteiger partial charge in [-0.05, 0) is 78.4 Å². The first-order valence-corrected chi connectivity index (χ1v) is 32.2. The molecule has 5 aromatic heterocycles. The third-order valence-corrected chi connectivity index (χ3v) is 19.5.